The van der Waals surface area contributed by atoms with Crippen LogP contribution in [-0.4, -0.2) is 39.1 Å². The average Bonchev–Trinajstić information content (AvgIpc) is 2.98. The van der Waals surface area contributed by atoms with Crippen LogP contribution in [0, 0.1) is 5.92 Å². The fourth-order valence-corrected chi connectivity index (χ4v) is 3.47. The zero-order chi connectivity index (χ0) is 14.9. The maximum atomic E-state index is 4.81. The molecule has 1 aliphatic rings. The van der Waals surface area contributed by atoms with Gasteiger partial charge in [-0.2, -0.15) is 5.10 Å². The van der Waals surface area contributed by atoms with Gasteiger partial charge in [0.15, 0.2) is 5.16 Å². The summed E-state index contributed by atoms with van der Waals surface area (Å²) in [5, 5.41) is 11.2. The molecular formula is C16H19N5S. The summed E-state index contributed by atoms with van der Waals surface area (Å²) in [6.07, 6.45) is 8.50. The van der Waals surface area contributed by atoms with Crippen molar-refractivity contribution in [2.24, 2.45) is 5.92 Å². The van der Waals surface area contributed by atoms with E-state index < -0.39 is 0 Å². The number of aromatic nitrogens is 4. The second-order valence-electron chi connectivity index (χ2n) is 5.84. The number of nitrogens with zero attached hydrogens (tertiary/aromatic N) is 4. The van der Waals surface area contributed by atoms with Crippen LogP contribution in [-0.2, 0) is 6.54 Å². The molecular weight excluding hydrogens is 294 g/mol. The molecule has 5 nitrogen and oxygen atoms in total. The number of hydrogen-bond donors (Lipinski definition) is 1. The summed E-state index contributed by atoms with van der Waals surface area (Å²) in [6, 6.07) is 4.20. The van der Waals surface area contributed by atoms with Gasteiger partial charge in [-0.3, -0.25) is 4.68 Å². The van der Waals surface area contributed by atoms with Crippen LogP contribution in [0.3, 0.4) is 0 Å². The topological polar surface area (TPSA) is 55.6 Å². The lowest BCUT2D eigenvalue weighted by molar-refractivity contribution is 0.322. The van der Waals surface area contributed by atoms with Crippen molar-refractivity contribution in [2.45, 2.75) is 24.5 Å². The minimum atomic E-state index is 0.721. The summed E-state index contributed by atoms with van der Waals surface area (Å²) < 4.78 is 2.10. The third kappa shape index (κ3) is 2.57. The van der Waals surface area contributed by atoms with Gasteiger partial charge in [0.1, 0.15) is 11.0 Å². The third-order valence-corrected chi connectivity index (χ3v) is 4.90. The zero-order valence-corrected chi connectivity index (χ0v) is 13.4. The molecule has 1 N–H and O–H groups in total. The molecule has 1 aromatic carbocycles. The summed E-state index contributed by atoms with van der Waals surface area (Å²) in [6.45, 7) is 3.25. The molecule has 6 heteroatoms. The Hall–Kier alpha value is -1.66. The van der Waals surface area contributed by atoms with Gasteiger partial charge in [-0.15, -0.1) is 0 Å². The van der Waals surface area contributed by atoms with Crippen molar-refractivity contribution in [3.8, 4) is 0 Å². The van der Waals surface area contributed by atoms with Crippen LogP contribution < -0.4 is 5.32 Å². The van der Waals surface area contributed by atoms with E-state index in [0.717, 1.165) is 52.5 Å². The number of hydrogen-bond acceptors (Lipinski definition) is 5. The predicted molar refractivity (Wildman–Crippen MR) is 90.2 cm³/mol. The minimum absolute atomic E-state index is 0.721. The van der Waals surface area contributed by atoms with Crippen molar-refractivity contribution in [1.82, 2.24) is 25.1 Å². The summed E-state index contributed by atoms with van der Waals surface area (Å²) >= 11 is 1.56. The SMILES string of the molecule is CSc1ncc2ccc3cn(CC4CCNCC4)nc3c2n1. The molecule has 4 rings (SSSR count). The molecule has 2 aromatic heterocycles. The van der Waals surface area contributed by atoms with Crippen LogP contribution in [0.1, 0.15) is 12.8 Å². The van der Waals surface area contributed by atoms with Gasteiger partial charge in [-0.25, -0.2) is 9.97 Å². The normalized spacial score (nSPS) is 16.6. The highest BCUT2D eigenvalue weighted by Gasteiger charge is 2.15. The lowest BCUT2D eigenvalue weighted by atomic mass is 9.98. The van der Waals surface area contributed by atoms with Gasteiger partial charge in [0, 0.05) is 29.7 Å². The molecule has 0 bridgehead atoms. The maximum absolute atomic E-state index is 4.81. The molecule has 0 amide bonds. The van der Waals surface area contributed by atoms with Gasteiger partial charge < -0.3 is 5.32 Å². The third-order valence-electron chi connectivity index (χ3n) is 4.34. The van der Waals surface area contributed by atoms with Crippen LogP contribution in [0.5, 0.6) is 0 Å². The molecule has 3 aromatic rings. The van der Waals surface area contributed by atoms with E-state index in [2.05, 4.69) is 38.3 Å². The Kier molecular flexibility index (Phi) is 3.72. The maximum Gasteiger partial charge on any atom is 0.187 e. The fourth-order valence-electron chi connectivity index (χ4n) is 3.13. The Balaban J connectivity index is 1.74. The van der Waals surface area contributed by atoms with Crippen molar-refractivity contribution >= 4 is 33.6 Å². The standard InChI is InChI=1S/C16H19N5S/c1-22-16-18-8-12-2-3-13-10-21(20-15(13)14(12)19-16)9-11-4-6-17-7-5-11/h2-3,8,10-11,17H,4-7,9H2,1H3. The molecule has 1 aliphatic heterocycles. The number of piperidine rings is 1. The van der Waals surface area contributed by atoms with E-state index in [4.69, 9.17) is 5.10 Å². The fraction of sp³-hybridized carbons (Fsp3) is 0.438. The molecule has 1 fully saturated rings. The van der Waals surface area contributed by atoms with E-state index in [0.29, 0.717) is 0 Å². The first-order chi connectivity index (χ1) is 10.8. The quantitative estimate of drug-likeness (QED) is 0.595. The lowest BCUT2D eigenvalue weighted by Crippen LogP contribution is -2.29. The monoisotopic (exact) mass is 313 g/mol. The minimum Gasteiger partial charge on any atom is -0.317 e. The van der Waals surface area contributed by atoms with Crippen LogP contribution in [0.2, 0.25) is 0 Å². The van der Waals surface area contributed by atoms with Crippen LogP contribution in [0.15, 0.2) is 29.7 Å². The van der Waals surface area contributed by atoms with E-state index in [9.17, 15) is 0 Å². The predicted octanol–water partition coefficient (Wildman–Crippen LogP) is 2.70. The van der Waals surface area contributed by atoms with Gasteiger partial charge in [-0.05, 0) is 38.1 Å². The van der Waals surface area contributed by atoms with Gasteiger partial charge in [0.25, 0.3) is 0 Å². The Morgan fingerprint density at radius 1 is 1.23 bits per heavy atom. The van der Waals surface area contributed by atoms with Crippen molar-refractivity contribution in [1.29, 1.82) is 0 Å². The van der Waals surface area contributed by atoms with E-state index in [1.165, 1.54) is 12.8 Å². The number of nitrogens with one attached hydrogen (secondary N) is 1. The zero-order valence-electron chi connectivity index (χ0n) is 12.6. The van der Waals surface area contributed by atoms with Gasteiger partial charge in [-0.1, -0.05) is 23.9 Å². The Morgan fingerprint density at radius 2 is 2.05 bits per heavy atom. The highest BCUT2D eigenvalue weighted by molar-refractivity contribution is 7.98. The second-order valence-corrected chi connectivity index (χ2v) is 6.62. The van der Waals surface area contributed by atoms with Gasteiger partial charge in [0.05, 0.1) is 0 Å². The molecule has 0 saturated carbocycles. The molecule has 0 radical (unpaired) electrons. The Labute approximate surface area is 133 Å². The van der Waals surface area contributed by atoms with E-state index in [-0.39, 0.29) is 0 Å². The van der Waals surface area contributed by atoms with Gasteiger partial charge in [0.2, 0.25) is 0 Å². The Morgan fingerprint density at radius 3 is 2.86 bits per heavy atom. The number of fused-ring (bicyclic) bond motifs is 3. The van der Waals surface area contributed by atoms with Crippen molar-refractivity contribution in [2.75, 3.05) is 19.3 Å². The molecule has 22 heavy (non-hydrogen) atoms. The average molecular weight is 313 g/mol. The molecule has 0 atom stereocenters. The van der Waals surface area contributed by atoms with Crippen molar-refractivity contribution < 1.29 is 0 Å². The van der Waals surface area contributed by atoms with E-state index in [1.807, 2.05) is 12.5 Å². The van der Waals surface area contributed by atoms with Crippen LogP contribution in [0.4, 0.5) is 0 Å². The van der Waals surface area contributed by atoms with Crippen molar-refractivity contribution in [3.63, 3.8) is 0 Å². The highest BCUT2D eigenvalue weighted by atomic mass is 32.2. The first-order valence-electron chi connectivity index (χ1n) is 7.71. The Bertz CT molecular complexity index is 807. The smallest absolute Gasteiger partial charge is 0.187 e. The first-order valence-corrected chi connectivity index (χ1v) is 8.93. The van der Waals surface area contributed by atoms with Crippen LogP contribution in [0.25, 0.3) is 21.8 Å². The first kappa shape index (κ1) is 14.0. The van der Waals surface area contributed by atoms with E-state index >= 15 is 0 Å². The van der Waals surface area contributed by atoms with Crippen molar-refractivity contribution in [3.05, 3.63) is 24.5 Å². The summed E-state index contributed by atoms with van der Waals surface area (Å²) in [5.41, 5.74) is 1.95. The highest BCUT2D eigenvalue weighted by Crippen LogP contribution is 2.24. The summed E-state index contributed by atoms with van der Waals surface area (Å²) in [7, 11) is 0. The summed E-state index contributed by atoms with van der Waals surface area (Å²) in [5.74, 6) is 0.721. The number of benzene rings is 1. The summed E-state index contributed by atoms with van der Waals surface area (Å²) in [4.78, 5) is 8.99. The number of rotatable bonds is 3. The number of thioether (sulfide) groups is 1. The lowest BCUT2D eigenvalue weighted by Gasteiger charge is -2.22. The van der Waals surface area contributed by atoms with E-state index in [1.54, 1.807) is 11.8 Å². The molecule has 0 aliphatic carbocycles. The molecule has 0 spiro atoms. The molecule has 3 heterocycles. The second kappa shape index (κ2) is 5.85. The van der Waals surface area contributed by atoms with Crippen LogP contribution >= 0.6 is 11.8 Å². The molecule has 1 saturated heterocycles. The molecule has 0 unspecified atom stereocenters. The van der Waals surface area contributed by atoms with Gasteiger partial charge >= 0.3 is 0 Å². The molecule has 114 valence electrons. The largest absolute Gasteiger partial charge is 0.317 e.